The summed E-state index contributed by atoms with van der Waals surface area (Å²) in [5, 5.41) is 0. The van der Waals surface area contributed by atoms with Crippen LogP contribution in [0, 0.1) is 0 Å². The fraction of sp³-hybridized carbons (Fsp3) is 0.571. The van der Waals surface area contributed by atoms with Crippen molar-refractivity contribution in [3.05, 3.63) is 12.2 Å². The van der Waals surface area contributed by atoms with Gasteiger partial charge >= 0.3 is 0 Å². The maximum Gasteiger partial charge on any atom is -0.00651 e. The Bertz CT molecular complexity index is 96.3. The molecule has 0 nitrogen and oxygen atoms in total. The van der Waals surface area contributed by atoms with Gasteiger partial charge in [-0.05, 0) is 30.5 Å². The van der Waals surface area contributed by atoms with Crippen LogP contribution in [0.3, 0.4) is 0 Å². The summed E-state index contributed by atoms with van der Waals surface area (Å²) in [6.45, 7) is 3.89. The van der Waals surface area contributed by atoms with E-state index in [4.69, 9.17) is 12.2 Å². The maximum absolute atomic E-state index is 5.02. The predicted octanol–water partition coefficient (Wildman–Crippen LogP) is 2.49. The third-order valence-electron chi connectivity index (χ3n) is 1.51. The van der Waals surface area contributed by atoms with Crippen molar-refractivity contribution in [2.75, 3.05) is 0 Å². The molecule has 1 heteroatoms. The minimum Gasteiger partial charge on any atom is -0.0998 e. The fourth-order valence-corrected chi connectivity index (χ4v) is 1.09. The molecule has 0 aliphatic heterocycles. The zero-order chi connectivity index (χ0) is 5.98. The normalized spacial score (nSPS) is 21.5. The summed E-state index contributed by atoms with van der Waals surface area (Å²) < 4.78 is 0. The van der Waals surface area contributed by atoms with E-state index in [2.05, 4.69) is 6.58 Å². The van der Waals surface area contributed by atoms with Gasteiger partial charge in [-0.25, -0.2) is 0 Å². The van der Waals surface area contributed by atoms with Crippen LogP contribution in [0.25, 0.3) is 0 Å². The van der Waals surface area contributed by atoms with E-state index in [9.17, 15) is 0 Å². The third kappa shape index (κ3) is 1.41. The Morgan fingerprint density at radius 2 is 1.62 bits per heavy atom. The molecular formula is C7H10S. The Morgan fingerprint density at radius 1 is 1.12 bits per heavy atom. The summed E-state index contributed by atoms with van der Waals surface area (Å²) >= 11 is 5.02. The average Bonchev–Trinajstić information content (AvgIpc) is 1.77. The van der Waals surface area contributed by atoms with E-state index >= 15 is 0 Å². The van der Waals surface area contributed by atoms with Crippen molar-refractivity contribution in [1.82, 2.24) is 0 Å². The number of hydrogen-bond donors (Lipinski definition) is 0. The van der Waals surface area contributed by atoms with Crippen LogP contribution >= 0.6 is 12.2 Å². The van der Waals surface area contributed by atoms with Gasteiger partial charge in [0.2, 0.25) is 0 Å². The van der Waals surface area contributed by atoms with Crippen molar-refractivity contribution >= 4 is 17.1 Å². The van der Waals surface area contributed by atoms with E-state index < -0.39 is 0 Å². The summed E-state index contributed by atoms with van der Waals surface area (Å²) in [5.74, 6) is 0. The highest BCUT2D eigenvalue weighted by atomic mass is 32.1. The SMILES string of the molecule is C=C1CCC(=S)CC1. The second-order valence-corrected chi connectivity index (χ2v) is 2.87. The van der Waals surface area contributed by atoms with Gasteiger partial charge in [-0.2, -0.15) is 0 Å². The molecule has 0 N–H and O–H groups in total. The first kappa shape index (κ1) is 5.96. The van der Waals surface area contributed by atoms with E-state index in [0.717, 1.165) is 25.7 Å². The summed E-state index contributed by atoms with van der Waals surface area (Å²) in [5.41, 5.74) is 1.37. The van der Waals surface area contributed by atoms with Crippen LogP contribution in [0.2, 0.25) is 0 Å². The topological polar surface area (TPSA) is 0 Å². The second kappa shape index (κ2) is 2.40. The van der Waals surface area contributed by atoms with Crippen LogP contribution in [0.4, 0.5) is 0 Å². The molecule has 0 spiro atoms. The number of rotatable bonds is 0. The summed E-state index contributed by atoms with van der Waals surface area (Å²) in [6.07, 6.45) is 4.49. The fourth-order valence-electron chi connectivity index (χ4n) is 0.882. The van der Waals surface area contributed by atoms with Crippen molar-refractivity contribution < 1.29 is 0 Å². The molecule has 1 fully saturated rings. The van der Waals surface area contributed by atoms with Crippen molar-refractivity contribution in [2.24, 2.45) is 0 Å². The molecule has 1 rings (SSSR count). The van der Waals surface area contributed by atoms with Gasteiger partial charge in [0.25, 0.3) is 0 Å². The molecular weight excluding hydrogens is 116 g/mol. The van der Waals surface area contributed by atoms with Gasteiger partial charge in [-0.1, -0.05) is 24.4 Å². The molecule has 8 heavy (non-hydrogen) atoms. The Balaban J connectivity index is 2.40. The van der Waals surface area contributed by atoms with Crippen molar-refractivity contribution in [3.63, 3.8) is 0 Å². The third-order valence-corrected chi connectivity index (χ3v) is 1.92. The predicted molar refractivity (Wildman–Crippen MR) is 40.2 cm³/mol. The van der Waals surface area contributed by atoms with Gasteiger partial charge in [0.15, 0.2) is 0 Å². The molecule has 0 aromatic carbocycles. The molecule has 0 heterocycles. The number of thiocarbonyl (C=S) groups is 1. The van der Waals surface area contributed by atoms with Crippen LogP contribution in [0.15, 0.2) is 12.2 Å². The van der Waals surface area contributed by atoms with Crippen LogP contribution in [-0.4, -0.2) is 4.86 Å². The standard InChI is InChI=1S/C7H10S/c1-6-2-4-7(8)5-3-6/h1-5H2. The number of hydrogen-bond acceptors (Lipinski definition) is 1. The van der Waals surface area contributed by atoms with E-state index in [1.165, 1.54) is 10.4 Å². The molecule has 0 atom stereocenters. The highest BCUT2D eigenvalue weighted by molar-refractivity contribution is 7.80. The summed E-state index contributed by atoms with van der Waals surface area (Å²) in [6, 6.07) is 0. The molecule has 0 bridgehead atoms. The van der Waals surface area contributed by atoms with Gasteiger partial charge in [0.1, 0.15) is 0 Å². The van der Waals surface area contributed by atoms with Crippen molar-refractivity contribution in [1.29, 1.82) is 0 Å². The van der Waals surface area contributed by atoms with Crippen LogP contribution < -0.4 is 0 Å². The van der Waals surface area contributed by atoms with Crippen LogP contribution in [0.1, 0.15) is 25.7 Å². The van der Waals surface area contributed by atoms with Gasteiger partial charge < -0.3 is 0 Å². The summed E-state index contributed by atoms with van der Waals surface area (Å²) in [7, 11) is 0. The Hall–Kier alpha value is -0.170. The maximum atomic E-state index is 5.02. The molecule has 0 aromatic heterocycles. The van der Waals surface area contributed by atoms with Gasteiger partial charge in [-0.3, -0.25) is 0 Å². The molecule has 1 aliphatic carbocycles. The minimum atomic E-state index is 1.11. The summed E-state index contributed by atoms with van der Waals surface area (Å²) in [4.78, 5) is 1.23. The lowest BCUT2D eigenvalue weighted by Gasteiger charge is -2.12. The second-order valence-electron chi connectivity index (χ2n) is 2.29. The largest absolute Gasteiger partial charge is 0.0998 e. The minimum absolute atomic E-state index is 1.11. The Morgan fingerprint density at radius 3 is 2.00 bits per heavy atom. The molecule has 0 aromatic rings. The number of allylic oxidation sites excluding steroid dienone is 1. The highest BCUT2D eigenvalue weighted by Gasteiger charge is 2.06. The van der Waals surface area contributed by atoms with E-state index in [1.807, 2.05) is 0 Å². The van der Waals surface area contributed by atoms with Gasteiger partial charge in [0, 0.05) is 0 Å². The molecule has 1 saturated carbocycles. The first-order valence-electron chi connectivity index (χ1n) is 2.97. The molecule has 44 valence electrons. The lowest BCUT2D eigenvalue weighted by Crippen LogP contribution is -2.02. The zero-order valence-corrected chi connectivity index (χ0v) is 5.76. The molecule has 0 radical (unpaired) electrons. The van der Waals surface area contributed by atoms with Crippen LogP contribution in [-0.2, 0) is 0 Å². The first-order chi connectivity index (χ1) is 3.79. The average molecular weight is 126 g/mol. The van der Waals surface area contributed by atoms with E-state index in [0.29, 0.717) is 0 Å². The van der Waals surface area contributed by atoms with Crippen molar-refractivity contribution in [3.8, 4) is 0 Å². The van der Waals surface area contributed by atoms with Gasteiger partial charge in [0.05, 0.1) is 0 Å². The Labute approximate surface area is 55.6 Å². The Kier molecular flexibility index (Phi) is 1.79. The molecule has 0 amide bonds. The lowest BCUT2D eigenvalue weighted by molar-refractivity contribution is 0.844. The van der Waals surface area contributed by atoms with E-state index in [-0.39, 0.29) is 0 Å². The molecule has 1 aliphatic rings. The molecule has 0 unspecified atom stereocenters. The lowest BCUT2D eigenvalue weighted by atomic mass is 9.96. The van der Waals surface area contributed by atoms with Gasteiger partial charge in [-0.15, -0.1) is 0 Å². The quantitative estimate of drug-likeness (QED) is 0.355. The van der Waals surface area contributed by atoms with E-state index in [1.54, 1.807) is 0 Å². The smallest absolute Gasteiger partial charge is 0.00651 e. The monoisotopic (exact) mass is 126 g/mol. The molecule has 0 saturated heterocycles. The first-order valence-corrected chi connectivity index (χ1v) is 3.38. The van der Waals surface area contributed by atoms with Crippen molar-refractivity contribution in [2.45, 2.75) is 25.7 Å². The van der Waals surface area contributed by atoms with Crippen LogP contribution in [0.5, 0.6) is 0 Å². The highest BCUT2D eigenvalue weighted by Crippen LogP contribution is 2.18. The zero-order valence-electron chi connectivity index (χ0n) is 4.94.